The second-order valence-electron chi connectivity index (χ2n) is 6.25. The number of anilines is 1. The first-order valence-electron chi connectivity index (χ1n) is 8.29. The minimum atomic E-state index is -0.513. The van der Waals surface area contributed by atoms with Crippen LogP contribution in [-0.2, 0) is 14.1 Å². The molecule has 1 amide bonds. The van der Waals surface area contributed by atoms with Gasteiger partial charge in [0, 0.05) is 31.9 Å². The summed E-state index contributed by atoms with van der Waals surface area (Å²) < 4.78 is 2.24. The third-order valence-corrected chi connectivity index (χ3v) is 4.83. The molecule has 0 fully saturated rings. The molecule has 0 atom stereocenters. The van der Waals surface area contributed by atoms with Crippen LogP contribution in [0.1, 0.15) is 10.4 Å². The molecule has 3 heterocycles. The molecule has 9 heteroatoms. The van der Waals surface area contributed by atoms with Gasteiger partial charge in [0.1, 0.15) is 5.65 Å². The summed E-state index contributed by atoms with van der Waals surface area (Å²) in [6.45, 7) is 0. The molecular weight excluding hydrogens is 382 g/mol. The number of nitrogens with one attached hydrogen (secondary N) is 1. The van der Waals surface area contributed by atoms with Gasteiger partial charge < -0.3 is 5.32 Å². The van der Waals surface area contributed by atoms with Crippen LogP contribution in [0.25, 0.3) is 21.9 Å². The van der Waals surface area contributed by atoms with E-state index in [1.54, 1.807) is 30.5 Å². The molecule has 8 nitrogen and oxygen atoms in total. The zero-order chi connectivity index (χ0) is 20.0. The summed E-state index contributed by atoms with van der Waals surface area (Å²) in [5, 5.41) is 4.15. The lowest BCUT2D eigenvalue weighted by atomic mass is 10.1. The van der Waals surface area contributed by atoms with E-state index in [-0.39, 0.29) is 16.6 Å². The largest absolute Gasteiger partial charge is 0.332 e. The number of pyridine rings is 2. The molecule has 0 aliphatic rings. The van der Waals surface area contributed by atoms with Crippen LogP contribution in [0.4, 0.5) is 5.69 Å². The minimum Gasteiger partial charge on any atom is -0.321 e. The van der Waals surface area contributed by atoms with E-state index in [0.717, 1.165) is 4.57 Å². The van der Waals surface area contributed by atoms with Gasteiger partial charge in [-0.1, -0.05) is 11.6 Å². The third-order valence-electron chi connectivity index (χ3n) is 4.52. The Balaban J connectivity index is 1.80. The standard InChI is InChI=1S/C19H14ClN5O3/c1-24-16-12(18(27)25(2)19(24)28)8-10(9-22-16)17(26)23-14-6-5-13(20)15-11(14)4-3-7-21-15/h3-9H,1-2H3,(H,23,26). The predicted octanol–water partition coefficient (Wildman–Crippen LogP) is 2.09. The van der Waals surface area contributed by atoms with Gasteiger partial charge in [0.2, 0.25) is 0 Å². The molecule has 1 aromatic carbocycles. The first-order valence-corrected chi connectivity index (χ1v) is 8.66. The molecule has 0 aliphatic heterocycles. The summed E-state index contributed by atoms with van der Waals surface area (Å²) >= 11 is 6.16. The van der Waals surface area contributed by atoms with E-state index in [4.69, 9.17) is 11.6 Å². The van der Waals surface area contributed by atoms with Crippen molar-refractivity contribution in [2.45, 2.75) is 0 Å². The topological polar surface area (TPSA) is 98.9 Å². The second-order valence-corrected chi connectivity index (χ2v) is 6.66. The van der Waals surface area contributed by atoms with Crippen molar-refractivity contribution in [3.05, 3.63) is 74.1 Å². The summed E-state index contributed by atoms with van der Waals surface area (Å²) in [4.78, 5) is 45.5. The molecule has 1 N–H and O–H groups in total. The van der Waals surface area contributed by atoms with Gasteiger partial charge in [-0.25, -0.2) is 9.78 Å². The van der Waals surface area contributed by atoms with Gasteiger partial charge in [0.15, 0.2) is 0 Å². The number of hydrogen-bond acceptors (Lipinski definition) is 5. The average Bonchev–Trinajstić information content (AvgIpc) is 2.72. The molecule has 0 saturated carbocycles. The van der Waals surface area contributed by atoms with Crippen molar-refractivity contribution < 1.29 is 4.79 Å². The van der Waals surface area contributed by atoms with Crippen molar-refractivity contribution in [2.75, 3.05) is 5.32 Å². The molecule has 4 rings (SSSR count). The highest BCUT2D eigenvalue weighted by molar-refractivity contribution is 6.35. The van der Waals surface area contributed by atoms with Gasteiger partial charge in [0.25, 0.3) is 11.5 Å². The Morgan fingerprint density at radius 3 is 2.64 bits per heavy atom. The molecular formula is C19H14ClN5O3. The maximum Gasteiger partial charge on any atom is 0.332 e. The Bertz CT molecular complexity index is 1390. The molecule has 0 saturated heterocycles. The summed E-state index contributed by atoms with van der Waals surface area (Å²) in [7, 11) is 2.90. The van der Waals surface area contributed by atoms with Crippen molar-refractivity contribution in [1.82, 2.24) is 19.1 Å². The smallest absolute Gasteiger partial charge is 0.321 e. The monoisotopic (exact) mass is 395 g/mol. The highest BCUT2D eigenvalue weighted by Crippen LogP contribution is 2.28. The quantitative estimate of drug-likeness (QED) is 0.560. The number of carbonyl (C=O) groups excluding carboxylic acids is 1. The van der Waals surface area contributed by atoms with Gasteiger partial charge in [0.05, 0.1) is 27.2 Å². The number of benzene rings is 1. The van der Waals surface area contributed by atoms with Crippen LogP contribution in [0.5, 0.6) is 0 Å². The summed E-state index contributed by atoms with van der Waals surface area (Å²) in [5.41, 5.74) is 0.512. The van der Waals surface area contributed by atoms with E-state index >= 15 is 0 Å². The third kappa shape index (κ3) is 2.74. The summed E-state index contributed by atoms with van der Waals surface area (Å²) in [6, 6.07) is 8.30. The molecule has 4 aromatic rings. The first-order chi connectivity index (χ1) is 13.4. The molecule has 0 spiro atoms. The normalized spacial score (nSPS) is 11.1. The Labute approximate surface area is 163 Å². The number of carbonyl (C=O) groups is 1. The van der Waals surface area contributed by atoms with Gasteiger partial charge in [-0.15, -0.1) is 0 Å². The SMILES string of the molecule is Cn1c(=O)c2cc(C(=O)Nc3ccc(Cl)c4ncccc34)cnc2n(C)c1=O. The molecule has 0 aliphatic carbocycles. The Hall–Kier alpha value is -3.52. The molecule has 3 aromatic heterocycles. The lowest BCUT2D eigenvalue weighted by Gasteiger charge is -2.10. The number of aryl methyl sites for hydroxylation is 1. The number of rotatable bonds is 2. The fourth-order valence-corrected chi connectivity index (χ4v) is 3.24. The first kappa shape index (κ1) is 17.9. The number of halogens is 1. The van der Waals surface area contributed by atoms with E-state index in [0.29, 0.717) is 21.6 Å². The van der Waals surface area contributed by atoms with Crippen molar-refractivity contribution in [3.63, 3.8) is 0 Å². The number of fused-ring (bicyclic) bond motifs is 2. The van der Waals surface area contributed by atoms with Crippen LogP contribution in [0, 0.1) is 0 Å². The van der Waals surface area contributed by atoms with Crippen molar-refractivity contribution in [3.8, 4) is 0 Å². The van der Waals surface area contributed by atoms with Crippen molar-refractivity contribution in [1.29, 1.82) is 0 Å². The van der Waals surface area contributed by atoms with Crippen LogP contribution in [0.15, 0.2) is 52.3 Å². The zero-order valence-corrected chi connectivity index (χ0v) is 15.7. The number of hydrogen-bond donors (Lipinski definition) is 1. The summed E-state index contributed by atoms with van der Waals surface area (Å²) in [5.74, 6) is -0.446. The molecule has 28 heavy (non-hydrogen) atoms. The molecule has 0 bridgehead atoms. The van der Waals surface area contributed by atoms with Crippen LogP contribution < -0.4 is 16.6 Å². The van der Waals surface area contributed by atoms with Crippen LogP contribution in [-0.4, -0.2) is 25.0 Å². The number of aromatic nitrogens is 4. The van der Waals surface area contributed by atoms with Gasteiger partial charge in [-0.2, -0.15) is 0 Å². The van der Waals surface area contributed by atoms with E-state index in [1.807, 2.05) is 0 Å². The fraction of sp³-hybridized carbons (Fsp3) is 0.105. The maximum atomic E-state index is 12.8. The van der Waals surface area contributed by atoms with Gasteiger partial charge in [-0.05, 0) is 30.3 Å². The van der Waals surface area contributed by atoms with Crippen molar-refractivity contribution in [2.24, 2.45) is 14.1 Å². The molecule has 0 radical (unpaired) electrons. The molecule has 0 unspecified atom stereocenters. The lowest BCUT2D eigenvalue weighted by molar-refractivity contribution is 0.102. The lowest BCUT2D eigenvalue weighted by Crippen LogP contribution is -2.37. The maximum absolute atomic E-state index is 12.8. The second kappa shape index (κ2) is 6.58. The van der Waals surface area contributed by atoms with E-state index in [2.05, 4.69) is 15.3 Å². The van der Waals surface area contributed by atoms with Gasteiger partial charge in [-0.3, -0.25) is 23.7 Å². The Morgan fingerprint density at radius 2 is 1.86 bits per heavy atom. The Morgan fingerprint density at radius 1 is 1.07 bits per heavy atom. The average molecular weight is 396 g/mol. The van der Waals surface area contributed by atoms with E-state index in [1.165, 1.54) is 30.9 Å². The van der Waals surface area contributed by atoms with Crippen LogP contribution in [0.3, 0.4) is 0 Å². The predicted molar refractivity (Wildman–Crippen MR) is 107 cm³/mol. The summed E-state index contributed by atoms with van der Waals surface area (Å²) in [6.07, 6.45) is 2.94. The number of nitrogens with zero attached hydrogens (tertiary/aromatic N) is 4. The van der Waals surface area contributed by atoms with E-state index in [9.17, 15) is 14.4 Å². The highest BCUT2D eigenvalue weighted by Gasteiger charge is 2.15. The van der Waals surface area contributed by atoms with Gasteiger partial charge >= 0.3 is 5.69 Å². The highest BCUT2D eigenvalue weighted by atomic mass is 35.5. The number of amides is 1. The fourth-order valence-electron chi connectivity index (χ4n) is 3.03. The zero-order valence-electron chi connectivity index (χ0n) is 14.9. The van der Waals surface area contributed by atoms with Crippen LogP contribution in [0.2, 0.25) is 5.02 Å². The minimum absolute atomic E-state index is 0.180. The molecule has 140 valence electrons. The van der Waals surface area contributed by atoms with E-state index < -0.39 is 17.2 Å². The Kier molecular flexibility index (Phi) is 4.20. The van der Waals surface area contributed by atoms with Crippen LogP contribution >= 0.6 is 11.6 Å². The van der Waals surface area contributed by atoms with Crippen molar-refractivity contribution >= 4 is 45.1 Å².